The molecule has 0 radical (unpaired) electrons. The zero-order valence-corrected chi connectivity index (χ0v) is 10.3. The van der Waals surface area contributed by atoms with E-state index in [0.717, 1.165) is 23.3 Å². The van der Waals surface area contributed by atoms with Crippen molar-refractivity contribution in [3.05, 3.63) is 18.2 Å². The van der Waals surface area contributed by atoms with Crippen molar-refractivity contribution in [2.75, 3.05) is 18.2 Å². The van der Waals surface area contributed by atoms with Crippen molar-refractivity contribution < 1.29 is 4.74 Å². The van der Waals surface area contributed by atoms with Crippen molar-refractivity contribution in [3.63, 3.8) is 0 Å². The van der Waals surface area contributed by atoms with Gasteiger partial charge >= 0.3 is 0 Å². The van der Waals surface area contributed by atoms with E-state index < -0.39 is 0 Å². The smallest absolute Gasteiger partial charge is 0.143 e. The molecule has 0 heterocycles. The lowest BCUT2D eigenvalue weighted by Gasteiger charge is -2.19. The fourth-order valence-electron chi connectivity index (χ4n) is 2.52. The summed E-state index contributed by atoms with van der Waals surface area (Å²) in [6.07, 6.45) is 5.56. The summed E-state index contributed by atoms with van der Waals surface area (Å²) in [5.41, 5.74) is 7.66. The predicted octanol–water partition coefficient (Wildman–Crippen LogP) is 2.88. The fourth-order valence-corrected chi connectivity index (χ4v) is 2.52. The van der Waals surface area contributed by atoms with Crippen LogP contribution in [-0.4, -0.2) is 13.2 Å². The molecule has 92 valence electrons. The Morgan fingerprint density at radius 1 is 1.24 bits per heavy atom. The van der Waals surface area contributed by atoms with Crippen LogP contribution in [0.2, 0.25) is 0 Å². The highest BCUT2D eigenvalue weighted by Gasteiger charge is 2.41. The first-order valence-electron chi connectivity index (χ1n) is 6.48. The summed E-state index contributed by atoms with van der Waals surface area (Å²) in [5.74, 6) is 2.55. The summed E-state index contributed by atoms with van der Waals surface area (Å²) in [4.78, 5) is 0. The third-order valence-corrected chi connectivity index (χ3v) is 3.83. The van der Waals surface area contributed by atoms with Crippen LogP contribution in [0.1, 0.15) is 25.7 Å². The van der Waals surface area contributed by atoms with Gasteiger partial charge in [-0.3, -0.25) is 0 Å². The van der Waals surface area contributed by atoms with Gasteiger partial charge in [-0.25, -0.2) is 0 Å². The minimum Gasteiger partial charge on any atom is -0.495 e. The zero-order valence-electron chi connectivity index (χ0n) is 10.3. The number of nitrogen functional groups attached to an aromatic ring is 1. The minimum atomic E-state index is 0.670. The normalized spacial score (nSPS) is 19.4. The first-order valence-corrected chi connectivity index (χ1v) is 6.48. The lowest BCUT2D eigenvalue weighted by atomic mass is 10.1. The number of hydrogen-bond donors (Lipinski definition) is 2. The maximum absolute atomic E-state index is 5.82. The highest BCUT2D eigenvalue weighted by molar-refractivity contribution is 5.61. The summed E-state index contributed by atoms with van der Waals surface area (Å²) < 4.78 is 5.25. The maximum Gasteiger partial charge on any atom is 0.143 e. The van der Waals surface area contributed by atoms with E-state index >= 15 is 0 Å². The minimum absolute atomic E-state index is 0.670. The van der Waals surface area contributed by atoms with Gasteiger partial charge in [-0.05, 0) is 49.7 Å². The van der Waals surface area contributed by atoms with Gasteiger partial charge in [0, 0.05) is 17.8 Å². The van der Waals surface area contributed by atoms with Crippen LogP contribution < -0.4 is 15.8 Å². The lowest BCUT2D eigenvalue weighted by Crippen LogP contribution is -2.24. The molecule has 17 heavy (non-hydrogen) atoms. The standard InChI is InChI=1S/C14H20N2O/c1-17-13-8-11(6-7-12(13)15)16-14(9-2-3-9)10-4-5-10/h6-10,14,16H,2-5,15H2,1H3. The Morgan fingerprint density at radius 3 is 2.41 bits per heavy atom. The second-order valence-electron chi connectivity index (χ2n) is 5.30. The molecule has 0 amide bonds. The highest BCUT2D eigenvalue weighted by atomic mass is 16.5. The molecule has 3 nitrogen and oxygen atoms in total. The van der Waals surface area contributed by atoms with Gasteiger partial charge in [0.05, 0.1) is 12.8 Å². The first-order chi connectivity index (χ1) is 8.28. The van der Waals surface area contributed by atoms with Crippen LogP contribution in [0.3, 0.4) is 0 Å². The summed E-state index contributed by atoms with van der Waals surface area (Å²) in [6.45, 7) is 0. The summed E-state index contributed by atoms with van der Waals surface area (Å²) >= 11 is 0. The van der Waals surface area contributed by atoms with Gasteiger partial charge in [-0.2, -0.15) is 0 Å². The van der Waals surface area contributed by atoms with Gasteiger partial charge in [0.15, 0.2) is 0 Å². The summed E-state index contributed by atoms with van der Waals surface area (Å²) in [6, 6.07) is 6.64. The van der Waals surface area contributed by atoms with Crippen LogP contribution in [0.5, 0.6) is 5.75 Å². The Hall–Kier alpha value is -1.38. The molecule has 0 spiro atoms. The Kier molecular flexibility index (Phi) is 2.61. The molecule has 3 rings (SSSR count). The van der Waals surface area contributed by atoms with Gasteiger partial charge in [0.25, 0.3) is 0 Å². The van der Waals surface area contributed by atoms with E-state index in [-0.39, 0.29) is 0 Å². The van der Waals surface area contributed by atoms with Crippen molar-refractivity contribution in [1.29, 1.82) is 0 Å². The largest absolute Gasteiger partial charge is 0.495 e. The molecule has 0 bridgehead atoms. The molecule has 0 atom stereocenters. The van der Waals surface area contributed by atoms with E-state index in [2.05, 4.69) is 11.4 Å². The van der Waals surface area contributed by atoms with Gasteiger partial charge in [-0.1, -0.05) is 0 Å². The molecular formula is C14H20N2O. The fraction of sp³-hybridized carbons (Fsp3) is 0.571. The average molecular weight is 232 g/mol. The Bertz CT molecular complexity index is 399. The van der Waals surface area contributed by atoms with Crippen LogP contribution in [0, 0.1) is 11.8 Å². The number of rotatable bonds is 5. The summed E-state index contributed by atoms with van der Waals surface area (Å²) in [7, 11) is 1.66. The number of ether oxygens (including phenoxy) is 1. The molecule has 3 N–H and O–H groups in total. The SMILES string of the molecule is COc1cc(NC(C2CC2)C2CC2)ccc1N. The van der Waals surface area contributed by atoms with Crippen LogP contribution in [0.25, 0.3) is 0 Å². The van der Waals surface area contributed by atoms with Crippen molar-refractivity contribution in [1.82, 2.24) is 0 Å². The molecule has 0 aromatic heterocycles. The summed E-state index contributed by atoms with van der Waals surface area (Å²) in [5, 5.41) is 3.67. The Morgan fingerprint density at radius 2 is 1.88 bits per heavy atom. The van der Waals surface area contributed by atoms with E-state index in [1.807, 2.05) is 12.1 Å². The van der Waals surface area contributed by atoms with Crippen molar-refractivity contribution >= 4 is 11.4 Å². The highest BCUT2D eigenvalue weighted by Crippen LogP contribution is 2.46. The average Bonchev–Trinajstić information content (AvgIpc) is 3.18. The number of methoxy groups -OCH3 is 1. The zero-order chi connectivity index (χ0) is 11.8. The molecule has 0 aliphatic heterocycles. The van der Waals surface area contributed by atoms with E-state index in [1.54, 1.807) is 7.11 Å². The molecule has 0 unspecified atom stereocenters. The molecule has 0 saturated heterocycles. The lowest BCUT2D eigenvalue weighted by molar-refractivity contribution is 0.417. The Labute approximate surface area is 102 Å². The molecule has 2 aliphatic rings. The quantitative estimate of drug-likeness (QED) is 0.767. The second-order valence-corrected chi connectivity index (χ2v) is 5.30. The van der Waals surface area contributed by atoms with Gasteiger partial charge < -0.3 is 15.8 Å². The molecular weight excluding hydrogens is 212 g/mol. The van der Waals surface area contributed by atoms with Crippen LogP contribution in [0.15, 0.2) is 18.2 Å². The third kappa shape index (κ3) is 2.33. The molecule has 3 heteroatoms. The molecule has 2 aliphatic carbocycles. The predicted molar refractivity (Wildman–Crippen MR) is 70.3 cm³/mol. The van der Waals surface area contributed by atoms with Crippen molar-refractivity contribution in [2.24, 2.45) is 11.8 Å². The molecule has 2 fully saturated rings. The number of anilines is 2. The van der Waals surface area contributed by atoms with E-state index in [9.17, 15) is 0 Å². The van der Waals surface area contributed by atoms with Gasteiger partial charge in [-0.15, -0.1) is 0 Å². The molecule has 1 aromatic carbocycles. The van der Waals surface area contributed by atoms with Crippen LogP contribution in [-0.2, 0) is 0 Å². The van der Waals surface area contributed by atoms with Gasteiger partial charge in [0.2, 0.25) is 0 Å². The monoisotopic (exact) mass is 232 g/mol. The van der Waals surface area contributed by atoms with Crippen molar-refractivity contribution in [2.45, 2.75) is 31.7 Å². The maximum atomic E-state index is 5.82. The topological polar surface area (TPSA) is 47.3 Å². The molecule has 1 aromatic rings. The van der Waals surface area contributed by atoms with Crippen LogP contribution >= 0.6 is 0 Å². The second kappa shape index (κ2) is 4.13. The third-order valence-electron chi connectivity index (χ3n) is 3.83. The molecule has 2 saturated carbocycles. The Balaban J connectivity index is 1.74. The number of benzene rings is 1. The van der Waals surface area contributed by atoms with Gasteiger partial charge in [0.1, 0.15) is 5.75 Å². The number of hydrogen-bond acceptors (Lipinski definition) is 3. The number of nitrogens with two attached hydrogens (primary N) is 1. The van der Waals surface area contributed by atoms with E-state index in [0.29, 0.717) is 11.7 Å². The van der Waals surface area contributed by atoms with Crippen molar-refractivity contribution in [3.8, 4) is 5.75 Å². The first kappa shape index (κ1) is 10.8. The number of nitrogens with one attached hydrogen (secondary N) is 1. The van der Waals surface area contributed by atoms with Crippen LogP contribution in [0.4, 0.5) is 11.4 Å². The van der Waals surface area contributed by atoms with E-state index in [1.165, 1.54) is 25.7 Å². The van der Waals surface area contributed by atoms with E-state index in [4.69, 9.17) is 10.5 Å².